The Hall–Kier alpha value is -0.260. The molecule has 0 aromatic carbocycles. The number of carbonyl (C=O) groups is 1. The molecule has 1 unspecified atom stereocenters. The van der Waals surface area contributed by atoms with Crippen LogP contribution in [0.25, 0.3) is 0 Å². The van der Waals surface area contributed by atoms with Crippen LogP contribution in [-0.4, -0.2) is 53.2 Å². The Morgan fingerprint density at radius 1 is 1.62 bits per heavy atom. The molecule has 0 saturated carbocycles. The van der Waals surface area contributed by atoms with E-state index in [4.69, 9.17) is 10.8 Å². The van der Waals surface area contributed by atoms with Crippen molar-refractivity contribution >= 4 is 17.7 Å². The number of hydrogen-bond acceptors (Lipinski definition) is 4. The average Bonchev–Trinajstić information content (AvgIpc) is 2.15. The molecule has 1 atom stereocenters. The molecule has 0 aromatic heterocycles. The summed E-state index contributed by atoms with van der Waals surface area (Å²) in [6.07, 6.45) is 0.831. The number of β-lactam (4-membered cyclic amide) rings is 1. The van der Waals surface area contributed by atoms with Gasteiger partial charge in [0.2, 0.25) is 5.91 Å². The van der Waals surface area contributed by atoms with Gasteiger partial charge in [-0.1, -0.05) is 0 Å². The van der Waals surface area contributed by atoms with E-state index in [0.29, 0.717) is 6.54 Å². The molecule has 0 aliphatic carbocycles. The molecule has 0 spiro atoms. The highest BCUT2D eigenvalue weighted by Crippen LogP contribution is 2.10. The van der Waals surface area contributed by atoms with Gasteiger partial charge in [0.1, 0.15) is 6.04 Å². The highest BCUT2D eigenvalue weighted by Gasteiger charge is 2.32. The Balaban J connectivity index is 1.92. The van der Waals surface area contributed by atoms with Crippen molar-refractivity contribution in [3.63, 3.8) is 0 Å². The van der Waals surface area contributed by atoms with E-state index in [2.05, 4.69) is 0 Å². The third-order valence-electron chi connectivity index (χ3n) is 2.00. The summed E-state index contributed by atoms with van der Waals surface area (Å²) in [4.78, 5) is 12.8. The largest absolute Gasteiger partial charge is 0.396 e. The summed E-state index contributed by atoms with van der Waals surface area (Å²) in [6.45, 7) is 1.75. The fraction of sp³-hybridized carbons (Fsp3) is 0.875. The number of thioether (sulfide) groups is 1. The zero-order chi connectivity index (χ0) is 9.68. The van der Waals surface area contributed by atoms with Crippen LogP contribution in [0.1, 0.15) is 6.42 Å². The maximum atomic E-state index is 11.0. The number of nitrogens with zero attached hydrogens (tertiary/aromatic N) is 1. The van der Waals surface area contributed by atoms with Crippen LogP contribution in [0.2, 0.25) is 0 Å². The lowest BCUT2D eigenvalue weighted by Crippen LogP contribution is -2.61. The molecule has 13 heavy (non-hydrogen) atoms. The van der Waals surface area contributed by atoms with Crippen molar-refractivity contribution in [3.05, 3.63) is 0 Å². The summed E-state index contributed by atoms with van der Waals surface area (Å²) < 4.78 is 0. The molecule has 1 amide bonds. The molecule has 76 valence electrons. The number of nitrogens with two attached hydrogens (primary N) is 1. The smallest absolute Gasteiger partial charge is 0.241 e. The second kappa shape index (κ2) is 5.47. The molecule has 3 N–H and O–H groups in total. The lowest BCUT2D eigenvalue weighted by molar-refractivity contribution is -0.141. The predicted molar refractivity (Wildman–Crippen MR) is 53.6 cm³/mol. The van der Waals surface area contributed by atoms with E-state index in [9.17, 15) is 4.79 Å². The van der Waals surface area contributed by atoms with Crippen molar-refractivity contribution < 1.29 is 9.90 Å². The van der Waals surface area contributed by atoms with Gasteiger partial charge in [0.05, 0.1) is 0 Å². The summed E-state index contributed by atoms with van der Waals surface area (Å²) in [5, 5.41) is 8.51. The van der Waals surface area contributed by atoms with E-state index >= 15 is 0 Å². The van der Waals surface area contributed by atoms with E-state index in [0.717, 1.165) is 24.5 Å². The lowest BCUT2D eigenvalue weighted by Gasteiger charge is -2.36. The fourth-order valence-electron chi connectivity index (χ4n) is 1.17. The monoisotopic (exact) mass is 204 g/mol. The van der Waals surface area contributed by atoms with Crippen molar-refractivity contribution in [2.45, 2.75) is 12.5 Å². The highest BCUT2D eigenvalue weighted by atomic mass is 32.2. The van der Waals surface area contributed by atoms with E-state index in [1.807, 2.05) is 0 Å². The van der Waals surface area contributed by atoms with E-state index < -0.39 is 0 Å². The van der Waals surface area contributed by atoms with Crippen molar-refractivity contribution in [1.82, 2.24) is 4.90 Å². The van der Waals surface area contributed by atoms with Crippen LogP contribution in [0, 0.1) is 0 Å². The summed E-state index contributed by atoms with van der Waals surface area (Å²) in [7, 11) is 0. The Kier molecular flexibility index (Phi) is 4.55. The van der Waals surface area contributed by atoms with Gasteiger partial charge in [0.15, 0.2) is 0 Å². The van der Waals surface area contributed by atoms with Crippen LogP contribution in [0.3, 0.4) is 0 Å². The minimum absolute atomic E-state index is 0.0720. The number of amides is 1. The Morgan fingerprint density at radius 3 is 2.92 bits per heavy atom. The zero-order valence-electron chi connectivity index (χ0n) is 7.61. The first-order valence-corrected chi connectivity index (χ1v) is 5.64. The van der Waals surface area contributed by atoms with Crippen molar-refractivity contribution in [1.29, 1.82) is 0 Å². The molecular formula is C8H16N2O2S. The predicted octanol–water partition coefficient (Wildman–Crippen LogP) is -0.728. The maximum absolute atomic E-state index is 11.0. The zero-order valence-corrected chi connectivity index (χ0v) is 8.42. The van der Waals surface area contributed by atoms with Gasteiger partial charge in [-0.15, -0.1) is 0 Å². The van der Waals surface area contributed by atoms with Crippen molar-refractivity contribution in [2.24, 2.45) is 5.73 Å². The molecule has 1 heterocycles. The maximum Gasteiger partial charge on any atom is 0.241 e. The topological polar surface area (TPSA) is 66.6 Å². The van der Waals surface area contributed by atoms with E-state index in [-0.39, 0.29) is 18.6 Å². The van der Waals surface area contributed by atoms with Gasteiger partial charge in [-0.25, -0.2) is 0 Å². The van der Waals surface area contributed by atoms with Gasteiger partial charge < -0.3 is 15.7 Å². The van der Waals surface area contributed by atoms with Crippen molar-refractivity contribution in [3.8, 4) is 0 Å². The molecule has 4 nitrogen and oxygen atoms in total. The summed E-state index contributed by atoms with van der Waals surface area (Å²) in [5.41, 5.74) is 5.43. The first-order valence-electron chi connectivity index (χ1n) is 4.48. The number of aliphatic hydroxyl groups excluding tert-OH is 1. The first kappa shape index (κ1) is 10.8. The second-order valence-electron chi connectivity index (χ2n) is 3.08. The van der Waals surface area contributed by atoms with E-state index in [1.54, 1.807) is 16.7 Å². The van der Waals surface area contributed by atoms with Gasteiger partial charge in [0.25, 0.3) is 0 Å². The summed E-state index contributed by atoms with van der Waals surface area (Å²) in [5.74, 6) is 1.98. The molecule has 1 rings (SSSR count). The third-order valence-corrected chi connectivity index (χ3v) is 3.05. The van der Waals surface area contributed by atoms with Crippen LogP contribution in [0.15, 0.2) is 0 Å². The molecule has 0 radical (unpaired) electrons. The number of aliphatic hydroxyl groups is 1. The van der Waals surface area contributed by atoms with Crippen LogP contribution in [-0.2, 0) is 4.79 Å². The first-order chi connectivity index (χ1) is 6.25. The molecule has 0 aromatic rings. The van der Waals surface area contributed by atoms with E-state index in [1.165, 1.54) is 0 Å². The van der Waals surface area contributed by atoms with Gasteiger partial charge in [-0.05, 0) is 12.2 Å². The molecule has 1 saturated heterocycles. The van der Waals surface area contributed by atoms with Crippen LogP contribution >= 0.6 is 11.8 Å². The summed E-state index contributed by atoms with van der Waals surface area (Å²) in [6, 6.07) is -0.248. The van der Waals surface area contributed by atoms with Gasteiger partial charge in [-0.2, -0.15) is 11.8 Å². The molecule has 1 fully saturated rings. The van der Waals surface area contributed by atoms with Crippen LogP contribution in [0.5, 0.6) is 0 Å². The number of carbonyl (C=O) groups excluding carboxylic acids is 1. The van der Waals surface area contributed by atoms with Gasteiger partial charge in [-0.3, -0.25) is 4.79 Å². The SMILES string of the molecule is NC1CN(CCSCCCO)C1=O. The minimum Gasteiger partial charge on any atom is -0.396 e. The summed E-state index contributed by atoms with van der Waals surface area (Å²) >= 11 is 1.76. The molecule has 1 aliphatic heterocycles. The van der Waals surface area contributed by atoms with Gasteiger partial charge >= 0.3 is 0 Å². The van der Waals surface area contributed by atoms with Crippen LogP contribution in [0.4, 0.5) is 0 Å². The number of likely N-dealkylation sites (tertiary alicyclic amines) is 1. The molecular weight excluding hydrogens is 188 g/mol. The molecule has 0 bridgehead atoms. The fourth-order valence-corrected chi connectivity index (χ4v) is 2.06. The minimum atomic E-state index is -0.248. The van der Waals surface area contributed by atoms with Gasteiger partial charge in [0, 0.05) is 25.4 Å². The normalized spacial score (nSPS) is 21.8. The number of rotatable bonds is 6. The third kappa shape index (κ3) is 3.17. The molecule has 5 heteroatoms. The number of hydrogen-bond donors (Lipinski definition) is 2. The average molecular weight is 204 g/mol. The quantitative estimate of drug-likeness (QED) is 0.442. The molecule has 1 aliphatic rings. The Labute approximate surface area is 82.5 Å². The Bertz CT molecular complexity index is 178. The Morgan fingerprint density at radius 2 is 2.38 bits per heavy atom. The second-order valence-corrected chi connectivity index (χ2v) is 4.31. The standard InChI is InChI=1S/C8H16N2O2S/c9-7-6-10(8(7)12)2-5-13-4-1-3-11/h7,11H,1-6,9H2. The lowest BCUT2D eigenvalue weighted by atomic mass is 10.1. The van der Waals surface area contributed by atoms with Crippen molar-refractivity contribution in [2.75, 3.05) is 31.2 Å². The van der Waals surface area contributed by atoms with Crippen LogP contribution < -0.4 is 5.73 Å². The highest BCUT2D eigenvalue weighted by molar-refractivity contribution is 7.99.